The van der Waals surface area contributed by atoms with Crippen molar-refractivity contribution in [3.05, 3.63) is 62.8 Å². The fourth-order valence-corrected chi connectivity index (χ4v) is 2.38. The van der Waals surface area contributed by atoms with Crippen LogP contribution in [0.15, 0.2) is 40.9 Å². The van der Waals surface area contributed by atoms with Crippen LogP contribution in [0.3, 0.4) is 0 Å². The van der Waals surface area contributed by atoms with Gasteiger partial charge in [0.25, 0.3) is 0 Å². The molecule has 0 amide bonds. The van der Waals surface area contributed by atoms with Crippen molar-refractivity contribution in [3.8, 4) is 0 Å². The molecule has 6 heteroatoms. The van der Waals surface area contributed by atoms with Crippen molar-refractivity contribution in [1.82, 2.24) is 0 Å². The van der Waals surface area contributed by atoms with Gasteiger partial charge in [-0.2, -0.15) is 0 Å². The van der Waals surface area contributed by atoms with Gasteiger partial charge in [0.2, 0.25) is 0 Å². The Kier molecular flexibility index (Phi) is 4.85. The summed E-state index contributed by atoms with van der Waals surface area (Å²) in [6.45, 7) is 1.59. The average molecular weight is 373 g/mol. The van der Waals surface area contributed by atoms with Crippen LogP contribution in [0.4, 0.5) is 10.1 Å². The molecule has 0 spiro atoms. The smallest absolute Gasteiger partial charge is 0.330 e. The topological polar surface area (TPSA) is 49.3 Å². The third-order valence-electron chi connectivity index (χ3n) is 2.99. The molecular weight excluding hydrogens is 361 g/mol. The zero-order valence-electron chi connectivity index (χ0n) is 11.0. The number of halogens is 3. The van der Waals surface area contributed by atoms with Crippen LogP contribution in [0.2, 0.25) is 5.02 Å². The van der Waals surface area contributed by atoms with Gasteiger partial charge in [0.15, 0.2) is 6.04 Å². The van der Waals surface area contributed by atoms with Gasteiger partial charge >= 0.3 is 5.97 Å². The number of aryl methyl sites for hydroxylation is 1. The Hall–Kier alpha value is -1.59. The Balaban J connectivity index is 2.32. The van der Waals surface area contributed by atoms with E-state index in [4.69, 9.17) is 11.6 Å². The molecule has 1 atom stereocenters. The van der Waals surface area contributed by atoms with E-state index in [9.17, 15) is 14.3 Å². The minimum absolute atomic E-state index is 0.364. The number of nitrogens with one attached hydrogen (secondary N) is 1. The molecule has 2 aromatic rings. The zero-order valence-corrected chi connectivity index (χ0v) is 13.4. The number of aliphatic carboxylic acids is 1. The molecule has 2 aromatic carbocycles. The van der Waals surface area contributed by atoms with E-state index in [1.165, 1.54) is 18.2 Å². The Labute approximate surface area is 134 Å². The van der Waals surface area contributed by atoms with Gasteiger partial charge in [0, 0.05) is 10.2 Å². The fourth-order valence-electron chi connectivity index (χ4n) is 1.89. The normalized spacial score (nSPS) is 12.0. The summed E-state index contributed by atoms with van der Waals surface area (Å²) in [5, 5.41) is 12.8. The molecule has 110 valence electrons. The summed E-state index contributed by atoms with van der Waals surface area (Å²) in [5.41, 5.74) is 1.48. The summed E-state index contributed by atoms with van der Waals surface area (Å²) in [6, 6.07) is 8.29. The maximum Gasteiger partial charge on any atom is 0.330 e. The summed E-state index contributed by atoms with van der Waals surface area (Å²) >= 11 is 9.18. The quantitative estimate of drug-likeness (QED) is 0.811. The predicted octanol–water partition coefficient (Wildman–Crippen LogP) is 4.79. The van der Waals surface area contributed by atoms with Gasteiger partial charge in [0.1, 0.15) is 5.82 Å². The third-order valence-corrected chi connectivity index (χ3v) is 4.21. The fraction of sp³-hybridized carbons (Fsp3) is 0.133. The first kappa shape index (κ1) is 15.8. The molecule has 0 aromatic heterocycles. The number of hydrogen-bond donors (Lipinski definition) is 2. The summed E-state index contributed by atoms with van der Waals surface area (Å²) in [4.78, 5) is 11.5. The van der Waals surface area contributed by atoms with Gasteiger partial charge < -0.3 is 10.4 Å². The molecule has 0 fully saturated rings. The molecule has 0 radical (unpaired) electrons. The van der Waals surface area contributed by atoms with Crippen LogP contribution >= 0.6 is 27.5 Å². The number of benzene rings is 2. The van der Waals surface area contributed by atoms with Crippen LogP contribution in [0.25, 0.3) is 0 Å². The van der Waals surface area contributed by atoms with E-state index < -0.39 is 12.0 Å². The van der Waals surface area contributed by atoms with Gasteiger partial charge in [-0.15, -0.1) is 0 Å². The molecular formula is C15H12BrClFNO2. The van der Waals surface area contributed by atoms with E-state index in [0.29, 0.717) is 26.3 Å². The first-order chi connectivity index (χ1) is 9.88. The standard InChI is InChI=1S/C15H12BrClFNO2/c1-8-6-9(2-5-13(8)18)14(15(20)21)19-10-3-4-12(17)11(16)7-10/h2-7,14,19H,1H3,(H,20,21). The first-order valence-electron chi connectivity index (χ1n) is 6.09. The summed E-state index contributed by atoms with van der Waals surface area (Å²) in [7, 11) is 0. The molecule has 0 aliphatic heterocycles. The van der Waals surface area contributed by atoms with E-state index >= 15 is 0 Å². The molecule has 0 saturated carbocycles. The van der Waals surface area contributed by atoms with E-state index in [2.05, 4.69) is 21.2 Å². The van der Waals surface area contributed by atoms with Gasteiger partial charge in [0.05, 0.1) is 5.02 Å². The lowest BCUT2D eigenvalue weighted by molar-refractivity contribution is -0.138. The molecule has 21 heavy (non-hydrogen) atoms. The van der Waals surface area contributed by atoms with Crippen LogP contribution in [-0.2, 0) is 4.79 Å². The van der Waals surface area contributed by atoms with Crippen LogP contribution in [0.1, 0.15) is 17.2 Å². The molecule has 0 aliphatic rings. The Bertz CT molecular complexity index is 693. The van der Waals surface area contributed by atoms with Crippen molar-refractivity contribution in [2.24, 2.45) is 0 Å². The van der Waals surface area contributed by atoms with Crippen molar-refractivity contribution in [1.29, 1.82) is 0 Å². The molecule has 0 aliphatic carbocycles. The summed E-state index contributed by atoms with van der Waals surface area (Å²) < 4.78 is 14.0. The zero-order chi connectivity index (χ0) is 15.6. The van der Waals surface area contributed by atoms with Crippen molar-refractivity contribution in [2.45, 2.75) is 13.0 Å². The Morgan fingerprint density at radius 3 is 2.62 bits per heavy atom. The number of carbonyl (C=O) groups is 1. The van der Waals surface area contributed by atoms with E-state index in [1.54, 1.807) is 25.1 Å². The lowest BCUT2D eigenvalue weighted by Gasteiger charge is -2.17. The second kappa shape index (κ2) is 6.45. The lowest BCUT2D eigenvalue weighted by atomic mass is 10.0. The molecule has 2 N–H and O–H groups in total. The number of rotatable bonds is 4. The van der Waals surface area contributed by atoms with Gasteiger partial charge in [-0.05, 0) is 58.2 Å². The molecule has 1 unspecified atom stereocenters. The SMILES string of the molecule is Cc1cc(C(Nc2ccc(Cl)c(Br)c2)C(=O)O)ccc1F. The predicted molar refractivity (Wildman–Crippen MR) is 84.3 cm³/mol. The Morgan fingerprint density at radius 2 is 2.05 bits per heavy atom. The van der Waals surface area contributed by atoms with Crippen LogP contribution in [0.5, 0.6) is 0 Å². The largest absolute Gasteiger partial charge is 0.479 e. The number of anilines is 1. The monoisotopic (exact) mass is 371 g/mol. The highest BCUT2D eigenvalue weighted by atomic mass is 79.9. The lowest BCUT2D eigenvalue weighted by Crippen LogP contribution is -2.20. The summed E-state index contributed by atoms with van der Waals surface area (Å²) in [5.74, 6) is -1.41. The third kappa shape index (κ3) is 3.74. The average Bonchev–Trinajstić information content (AvgIpc) is 2.43. The summed E-state index contributed by atoms with van der Waals surface area (Å²) in [6.07, 6.45) is 0. The van der Waals surface area contributed by atoms with E-state index in [-0.39, 0.29) is 5.82 Å². The van der Waals surface area contributed by atoms with Gasteiger partial charge in [-0.1, -0.05) is 23.7 Å². The first-order valence-corrected chi connectivity index (χ1v) is 7.26. The Morgan fingerprint density at radius 1 is 1.33 bits per heavy atom. The number of carboxylic acid groups (broad SMARTS) is 1. The molecule has 0 heterocycles. The number of carboxylic acids is 1. The second-order valence-corrected chi connectivity index (χ2v) is 5.81. The van der Waals surface area contributed by atoms with E-state index in [0.717, 1.165) is 0 Å². The van der Waals surface area contributed by atoms with Crippen LogP contribution in [0, 0.1) is 12.7 Å². The van der Waals surface area contributed by atoms with Crippen molar-refractivity contribution in [3.63, 3.8) is 0 Å². The number of hydrogen-bond acceptors (Lipinski definition) is 2. The van der Waals surface area contributed by atoms with E-state index in [1.807, 2.05) is 0 Å². The highest BCUT2D eigenvalue weighted by molar-refractivity contribution is 9.10. The highest BCUT2D eigenvalue weighted by Crippen LogP contribution is 2.28. The van der Waals surface area contributed by atoms with Crippen LogP contribution in [-0.4, -0.2) is 11.1 Å². The van der Waals surface area contributed by atoms with Crippen molar-refractivity contribution in [2.75, 3.05) is 5.32 Å². The van der Waals surface area contributed by atoms with Crippen LogP contribution < -0.4 is 5.32 Å². The molecule has 2 rings (SSSR count). The van der Waals surface area contributed by atoms with Crippen molar-refractivity contribution >= 4 is 39.2 Å². The molecule has 3 nitrogen and oxygen atoms in total. The maximum absolute atomic E-state index is 13.3. The minimum Gasteiger partial charge on any atom is -0.479 e. The van der Waals surface area contributed by atoms with Gasteiger partial charge in [-0.25, -0.2) is 9.18 Å². The molecule has 0 bridgehead atoms. The minimum atomic E-state index is -1.05. The van der Waals surface area contributed by atoms with Gasteiger partial charge in [-0.3, -0.25) is 0 Å². The highest BCUT2D eigenvalue weighted by Gasteiger charge is 2.20. The maximum atomic E-state index is 13.3. The van der Waals surface area contributed by atoms with Crippen molar-refractivity contribution < 1.29 is 14.3 Å². The second-order valence-electron chi connectivity index (χ2n) is 4.55. The molecule has 0 saturated heterocycles.